The number of hydrogen-bond donors (Lipinski definition) is 1. The molecule has 1 N–H and O–H groups in total. The van der Waals surface area contributed by atoms with Crippen molar-refractivity contribution in [2.45, 2.75) is 19.5 Å². The van der Waals surface area contributed by atoms with Crippen LogP contribution in [-0.4, -0.2) is 62.3 Å². The summed E-state index contributed by atoms with van der Waals surface area (Å²) in [6, 6.07) is 7.91. The van der Waals surface area contributed by atoms with Crippen molar-refractivity contribution >= 4 is 17.1 Å². The van der Waals surface area contributed by atoms with Gasteiger partial charge in [0.25, 0.3) is 5.56 Å². The topological polar surface area (TPSA) is 103 Å². The number of aromatic nitrogens is 4. The van der Waals surface area contributed by atoms with Gasteiger partial charge < -0.3 is 14.6 Å². The van der Waals surface area contributed by atoms with Crippen LogP contribution in [0.2, 0.25) is 0 Å². The van der Waals surface area contributed by atoms with Crippen molar-refractivity contribution in [1.29, 1.82) is 0 Å². The lowest BCUT2D eigenvalue weighted by atomic mass is 10.0. The van der Waals surface area contributed by atoms with Crippen molar-refractivity contribution in [1.82, 2.24) is 28.9 Å². The zero-order valence-corrected chi connectivity index (χ0v) is 18.6. The second-order valence-electron chi connectivity index (χ2n) is 8.19. The number of nitrogens with one attached hydrogen (secondary N) is 1. The number of carbonyl (C=O) groups excluding carboxylic acids is 1. The Kier molecular flexibility index (Phi) is 6.24. The van der Waals surface area contributed by atoms with E-state index in [2.05, 4.69) is 15.2 Å². The summed E-state index contributed by atoms with van der Waals surface area (Å²) in [5.74, 6) is -0.237. The Morgan fingerprint density at radius 1 is 1.12 bits per heavy atom. The largest absolute Gasteiger partial charge is 0.379 e. The van der Waals surface area contributed by atoms with Gasteiger partial charge in [0.15, 0.2) is 11.2 Å². The first-order chi connectivity index (χ1) is 15.3. The smallest absolute Gasteiger partial charge is 0.332 e. The van der Waals surface area contributed by atoms with E-state index < -0.39 is 11.2 Å². The van der Waals surface area contributed by atoms with E-state index in [1.807, 2.05) is 31.2 Å². The first kappa shape index (κ1) is 22.0. The number of hydrogen-bond acceptors (Lipinski definition) is 6. The summed E-state index contributed by atoms with van der Waals surface area (Å²) in [5.41, 5.74) is 1.72. The highest BCUT2D eigenvalue weighted by atomic mass is 16.5. The number of ether oxygens (including phenoxy) is 1. The lowest BCUT2D eigenvalue weighted by Crippen LogP contribution is -2.44. The summed E-state index contributed by atoms with van der Waals surface area (Å²) in [4.78, 5) is 44.2. The third kappa shape index (κ3) is 4.37. The molecule has 0 unspecified atom stereocenters. The maximum Gasteiger partial charge on any atom is 0.332 e. The molecule has 1 aliphatic rings. The molecule has 32 heavy (non-hydrogen) atoms. The van der Waals surface area contributed by atoms with Crippen molar-refractivity contribution in [3.05, 3.63) is 62.6 Å². The Bertz CT molecular complexity index is 1230. The van der Waals surface area contributed by atoms with Crippen molar-refractivity contribution in [2.24, 2.45) is 14.1 Å². The number of rotatable bonds is 6. The molecular weight excluding hydrogens is 412 g/mol. The minimum absolute atomic E-state index is 0.0740. The van der Waals surface area contributed by atoms with Crippen LogP contribution in [0.1, 0.15) is 17.2 Å². The molecule has 1 saturated heterocycles. The Labute approximate surface area is 185 Å². The lowest BCUT2D eigenvalue weighted by molar-refractivity contribution is -0.122. The standard InChI is InChI=1S/C22H28N6O4/c1-15-4-6-16(7-5-15)17(12-27-8-10-32-11-9-27)24-18(29)13-28-14-23-20-19(28)21(30)26(3)22(31)25(20)2/h4-7,14,17H,8-13H2,1-3H3,(H,24,29)/t17-/m1/s1. The van der Waals surface area contributed by atoms with Gasteiger partial charge in [0, 0.05) is 33.7 Å². The van der Waals surface area contributed by atoms with Crippen molar-refractivity contribution in [3.8, 4) is 0 Å². The number of amides is 1. The molecule has 0 aliphatic carbocycles. The van der Waals surface area contributed by atoms with Gasteiger partial charge in [-0.3, -0.25) is 23.6 Å². The summed E-state index contributed by atoms with van der Waals surface area (Å²) in [6.45, 7) is 5.60. The van der Waals surface area contributed by atoms with Gasteiger partial charge in [-0.1, -0.05) is 29.8 Å². The third-order valence-corrected chi connectivity index (χ3v) is 5.89. The molecule has 0 bridgehead atoms. The van der Waals surface area contributed by atoms with Gasteiger partial charge in [-0.25, -0.2) is 9.78 Å². The normalized spacial score (nSPS) is 15.7. The molecule has 0 radical (unpaired) electrons. The minimum atomic E-state index is -0.475. The van der Waals surface area contributed by atoms with Crippen LogP contribution in [0.4, 0.5) is 0 Å². The van der Waals surface area contributed by atoms with E-state index in [0.717, 1.165) is 28.8 Å². The number of carbonyl (C=O) groups is 1. The summed E-state index contributed by atoms with van der Waals surface area (Å²) in [5, 5.41) is 3.12. The highest BCUT2D eigenvalue weighted by molar-refractivity contribution is 5.79. The van der Waals surface area contributed by atoms with Crippen LogP contribution in [0.15, 0.2) is 40.2 Å². The summed E-state index contributed by atoms with van der Waals surface area (Å²) in [7, 11) is 2.97. The molecule has 3 aromatic rings. The molecule has 1 aliphatic heterocycles. The van der Waals surface area contributed by atoms with E-state index in [1.54, 1.807) is 7.05 Å². The number of aryl methyl sites for hydroxylation is 2. The Hall–Kier alpha value is -3.24. The summed E-state index contributed by atoms with van der Waals surface area (Å²) >= 11 is 0. The fourth-order valence-corrected chi connectivity index (χ4v) is 3.99. The number of morpholine rings is 1. The number of fused-ring (bicyclic) bond motifs is 1. The van der Waals surface area contributed by atoms with Gasteiger partial charge in [-0.05, 0) is 12.5 Å². The molecule has 170 valence electrons. The van der Waals surface area contributed by atoms with Gasteiger partial charge in [0.1, 0.15) is 6.54 Å². The zero-order valence-electron chi connectivity index (χ0n) is 18.6. The lowest BCUT2D eigenvalue weighted by Gasteiger charge is -2.31. The van der Waals surface area contributed by atoms with Gasteiger partial charge in [-0.2, -0.15) is 0 Å². The van der Waals surface area contributed by atoms with Crippen molar-refractivity contribution < 1.29 is 9.53 Å². The SMILES string of the molecule is Cc1ccc([C@@H](CN2CCOCC2)NC(=O)Cn2cnc3c2c(=O)n(C)c(=O)n3C)cc1. The van der Waals surface area contributed by atoms with Gasteiger partial charge >= 0.3 is 5.69 Å². The Balaban J connectivity index is 1.58. The molecule has 0 spiro atoms. The van der Waals surface area contributed by atoms with Gasteiger partial charge in [-0.15, -0.1) is 0 Å². The van der Waals surface area contributed by atoms with Crippen molar-refractivity contribution in [2.75, 3.05) is 32.8 Å². The van der Waals surface area contributed by atoms with Gasteiger partial charge in [0.05, 0.1) is 25.6 Å². The van der Waals surface area contributed by atoms with Crippen molar-refractivity contribution in [3.63, 3.8) is 0 Å². The first-order valence-electron chi connectivity index (χ1n) is 10.6. The first-order valence-corrected chi connectivity index (χ1v) is 10.6. The van der Waals surface area contributed by atoms with E-state index in [0.29, 0.717) is 19.8 Å². The maximum absolute atomic E-state index is 13.0. The monoisotopic (exact) mass is 440 g/mol. The van der Waals surface area contributed by atoms with E-state index in [9.17, 15) is 14.4 Å². The molecular formula is C22H28N6O4. The Morgan fingerprint density at radius 3 is 2.50 bits per heavy atom. The molecule has 10 heteroatoms. The molecule has 2 aromatic heterocycles. The summed E-state index contributed by atoms with van der Waals surface area (Å²) in [6.07, 6.45) is 1.42. The fraction of sp³-hybridized carbons (Fsp3) is 0.455. The molecule has 0 saturated carbocycles. The average Bonchev–Trinajstić information content (AvgIpc) is 3.20. The highest BCUT2D eigenvalue weighted by Gasteiger charge is 2.22. The van der Waals surface area contributed by atoms with Crippen LogP contribution in [0.5, 0.6) is 0 Å². The molecule has 3 heterocycles. The quantitative estimate of drug-likeness (QED) is 0.576. The molecule has 10 nitrogen and oxygen atoms in total. The fourth-order valence-electron chi connectivity index (χ4n) is 3.99. The Morgan fingerprint density at radius 2 is 1.81 bits per heavy atom. The van der Waals surface area contributed by atoms with Gasteiger partial charge in [0.2, 0.25) is 5.91 Å². The van der Waals surface area contributed by atoms with E-state index in [-0.39, 0.29) is 29.7 Å². The predicted molar refractivity (Wildman–Crippen MR) is 120 cm³/mol. The molecule has 4 rings (SSSR count). The number of nitrogens with zero attached hydrogens (tertiary/aromatic N) is 5. The third-order valence-electron chi connectivity index (χ3n) is 5.89. The number of benzene rings is 1. The number of imidazole rings is 1. The second kappa shape index (κ2) is 9.09. The van der Waals surface area contributed by atoms with Crippen LogP contribution in [-0.2, 0) is 30.2 Å². The molecule has 1 aromatic carbocycles. The van der Waals surface area contributed by atoms with Crippen LogP contribution >= 0.6 is 0 Å². The average molecular weight is 441 g/mol. The van der Waals surface area contributed by atoms with Crippen LogP contribution < -0.4 is 16.6 Å². The van der Waals surface area contributed by atoms with Crippen LogP contribution in [0.25, 0.3) is 11.2 Å². The second-order valence-corrected chi connectivity index (χ2v) is 8.19. The maximum atomic E-state index is 13.0. The van der Waals surface area contributed by atoms with Crippen LogP contribution in [0, 0.1) is 6.92 Å². The van der Waals surface area contributed by atoms with Crippen LogP contribution in [0.3, 0.4) is 0 Å². The zero-order chi connectivity index (χ0) is 22.8. The summed E-state index contributed by atoms with van der Waals surface area (Å²) < 4.78 is 9.26. The molecule has 1 fully saturated rings. The molecule has 1 amide bonds. The van der Waals surface area contributed by atoms with E-state index >= 15 is 0 Å². The highest BCUT2D eigenvalue weighted by Crippen LogP contribution is 2.17. The minimum Gasteiger partial charge on any atom is -0.379 e. The predicted octanol–water partition coefficient (Wildman–Crippen LogP) is -0.0682. The van der Waals surface area contributed by atoms with E-state index in [4.69, 9.17) is 4.74 Å². The molecule has 1 atom stereocenters. The van der Waals surface area contributed by atoms with E-state index in [1.165, 1.54) is 22.5 Å².